The Bertz CT molecular complexity index is 722. The van der Waals surface area contributed by atoms with E-state index in [2.05, 4.69) is 55.6 Å². The lowest BCUT2D eigenvalue weighted by molar-refractivity contribution is -1.02. The predicted molar refractivity (Wildman–Crippen MR) is 110 cm³/mol. The number of benzene rings is 2. The third-order valence-electron chi connectivity index (χ3n) is 5.55. The van der Waals surface area contributed by atoms with E-state index in [9.17, 15) is 4.79 Å². The average Bonchev–Trinajstić information content (AvgIpc) is 2.70. The molecule has 1 fully saturated rings. The van der Waals surface area contributed by atoms with Gasteiger partial charge < -0.3 is 20.0 Å². The van der Waals surface area contributed by atoms with E-state index in [1.165, 1.54) is 24.3 Å². The van der Waals surface area contributed by atoms with Crippen LogP contribution in [0.4, 0.5) is 5.69 Å². The first-order valence-corrected chi connectivity index (χ1v) is 9.81. The number of piperazine rings is 1. The fourth-order valence-corrected chi connectivity index (χ4v) is 3.74. The summed E-state index contributed by atoms with van der Waals surface area (Å²) < 4.78 is 0. The van der Waals surface area contributed by atoms with Gasteiger partial charge in [0.25, 0.3) is 5.91 Å². The molecule has 0 spiro atoms. The Morgan fingerprint density at radius 2 is 1.63 bits per heavy atom. The van der Waals surface area contributed by atoms with E-state index < -0.39 is 0 Å². The normalized spacial score (nSPS) is 20.7. The summed E-state index contributed by atoms with van der Waals surface area (Å²) in [5.41, 5.74) is 3.21. The molecule has 1 aliphatic heterocycles. The van der Waals surface area contributed by atoms with Gasteiger partial charge in [-0.3, -0.25) is 4.79 Å². The van der Waals surface area contributed by atoms with E-state index in [1.807, 2.05) is 30.3 Å². The molecule has 1 atom stereocenters. The van der Waals surface area contributed by atoms with Gasteiger partial charge in [0.05, 0.1) is 13.6 Å². The number of anilines is 1. The van der Waals surface area contributed by atoms with Gasteiger partial charge in [0.1, 0.15) is 32.2 Å². The van der Waals surface area contributed by atoms with Crippen molar-refractivity contribution in [2.45, 2.75) is 6.04 Å². The van der Waals surface area contributed by atoms with Crippen LogP contribution in [0.25, 0.3) is 0 Å². The Labute approximate surface area is 162 Å². The number of quaternary nitrogens is 2. The third-order valence-corrected chi connectivity index (χ3v) is 5.55. The van der Waals surface area contributed by atoms with Gasteiger partial charge >= 0.3 is 0 Å². The first-order valence-electron chi connectivity index (χ1n) is 9.81. The van der Waals surface area contributed by atoms with E-state index in [1.54, 1.807) is 9.80 Å². The molecule has 0 bridgehead atoms. The highest BCUT2D eigenvalue weighted by Crippen LogP contribution is 2.16. The van der Waals surface area contributed by atoms with Crippen LogP contribution in [-0.2, 0) is 0 Å². The summed E-state index contributed by atoms with van der Waals surface area (Å²) >= 11 is 0. The van der Waals surface area contributed by atoms with Gasteiger partial charge in [-0.25, -0.2) is 0 Å². The van der Waals surface area contributed by atoms with Gasteiger partial charge in [-0.2, -0.15) is 0 Å². The molecule has 3 rings (SSSR count). The largest absolute Gasteiger partial charge is 0.378 e. The Morgan fingerprint density at radius 1 is 1.00 bits per heavy atom. The second kappa shape index (κ2) is 9.02. The molecule has 2 aromatic carbocycles. The molecular weight excluding hydrogens is 336 g/mol. The summed E-state index contributed by atoms with van der Waals surface area (Å²) in [6.45, 7) is 5.27. The molecule has 1 aliphatic rings. The highest BCUT2D eigenvalue weighted by molar-refractivity contribution is 5.94. The number of amides is 1. The first kappa shape index (κ1) is 19.4. The number of rotatable bonds is 6. The number of hydrogen-bond acceptors (Lipinski definition) is 2. The average molecular weight is 369 g/mol. The Kier molecular flexibility index (Phi) is 6.48. The molecule has 1 heterocycles. The maximum absolute atomic E-state index is 12.5. The molecule has 0 saturated carbocycles. The van der Waals surface area contributed by atoms with Gasteiger partial charge in [0.15, 0.2) is 0 Å². The van der Waals surface area contributed by atoms with Crippen molar-refractivity contribution in [2.24, 2.45) is 0 Å². The molecule has 0 radical (unpaired) electrons. The van der Waals surface area contributed by atoms with Crippen molar-refractivity contribution in [3.8, 4) is 0 Å². The molecule has 0 aromatic heterocycles. The highest BCUT2D eigenvalue weighted by atomic mass is 16.1. The molecule has 3 N–H and O–H groups in total. The second-order valence-corrected chi connectivity index (χ2v) is 7.73. The minimum atomic E-state index is 0.00432. The van der Waals surface area contributed by atoms with Crippen LogP contribution >= 0.6 is 0 Å². The van der Waals surface area contributed by atoms with E-state index >= 15 is 0 Å². The van der Waals surface area contributed by atoms with Crippen LogP contribution in [0.1, 0.15) is 22.0 Å². The SMILES string of the molecule is CN(C)c1ccc([C@@H](CNC(=O)c2ccccc2)[NH+]2CC[NH+](C)CC2)cc1. The molecule has 0 aliphatic carbocycles. The lowest BCUT2D eigenvalue weighted by Crippen LogP contribution is -3.27. The first-order chi connectivity index (χ1) is 13.0. The quantitative estimate of drug-likeness (QED) is 0.652. The fourth-order valence-electron chi connectivity index (χ4n) is 3.74. The van der Waals surface area contributed by atoms with Gasteiger partial charge in [0, 0.05) is 30.9 Å². The number of likely N-dealkylation sites (N-methyl/N-ethyl adjacent to an activating group) is 1. The van der Waals surface area contributed by atoms with Crippen LogP contribution in [0, 0.1) is 0 Å². The van der Waals surface area contributed by atoms with Crippen LogP contribution in [0.2, 0.25) is 0 Å². The molecule has 2 aromatic rings. The number of hydrogen-bond donors (Lipinski definition) is 3. The summed E-state index contributed by atoms with van der Waals surface area (Å²) in [6, 6.07) is 18.5. The van der Waals surface area contributed by atoms with Gasteiger partial charge in [-0.1, -0.05) is 30.3 Å². The van der Waals surface area contributed by atoms with E-state index in [4.69, 9.17) is 0 Å². The molecule has 5 heteroatoms. The van der Waals surface area contributed by atoms with Crippen molar-refractivity contribution < 1.29 is 14.6 Å². The topological polar surface area (TPSA) is 41.2 Å². The number of nitrogens with one attached hydrogen (secondary N) is 3. The van der Waals surface area contributed by atoms with Crippen molar-refractivity contribution in [1.82, 2.24) is 5.32 Å². The Balaban J connectivity index is 1.74. The molecule has 1 amide bonds. The lowest BCUT2D eigenvalue weighted by atomic mass is 10.0. The van der Waals surface area contributed by atoms with Crippen molar-refractivity contribution in [2.75, 3.05) is 58.8 Å². The van der Waals surface area contributed by atoms with Crippen LogP contribution in [0.3, 0.4) is 0 Å². The van der Waals surface area contributed by atoms with Gasteiger partial charge in [-0.15, -0.1) is 0 Å². The fraction of sp³-hybridized carbons (Fsp3) is 0.409. The van der Waals surface area contributed by atoms with Crippen molar-refractivity contribution in [3.63, 3.8) is 0 Å². The molecular formula is C22H32N4O+2. The third kappa shape index (κ3) is 5.08. The monoisotopic (exact) mass is 368 g/mol. The Hall–Kier alpha value is -2.37. The van der Waals surface area contributed by atoms with Gasteiger partial charge in [-0.05, 0) is 24.3 Å². The highest BCUT2D eigenvalue weighted by Gasteiger charge is 2.29. The van der Waals surface area contributed by atoms with E-state index in [0.29, 0.717) is 6.54 Å². The molecule has 5 nitrogen and oxygen atoms in total. The summed E-state index contributed by atoms with van der Waals surface area (Å²) in [5.74, 6) is 0.00432. The number of nitrogens with zero attached hydrogens (tertiary/aromatic N) is 1. The van der Waals surface area contributed by atoms with Crippen LogP contribution in [-0.4, -0.2) is 59.8 Å². The minimum Gasteiger partial charge on any atom is -0.378 e. The summed E-state index contributed by atoms with van der Waals surface area (Å²) in [6.07, 6.45) is 0. The van der Waals surface area contributed by atoms with Crippen LogP contribution in [0.5, 0.6) is 0 Å². The van der Waals surface area contributed by atoms with Crippen LogP contribution < -0.4 is 20.0 Å². The molecule has 144 valence electrons. The summed E-state index contributed by atoms with van der Waals surface area (Å²) in [5, 5.41) is 3.17. The summed E-state index contributed by atoms with van der Waals surface area (Å²) in [4.78, 5) is 17.8. The van der Waals surface area contributed by atoms with Crippen LogP contribution in [0.15, 0.2) is 54.6 Å². The smallest absolute Gasteiger partial charge is 0.251 e. The molecule has 0 unspecified atom stereocenters. The maximum Gasteiger partial charge on any atom is 0.251 e. The lowest BCUT2D eigenvalue weighted by Gasteiger charge is -2.33. The molecule has 1 saturated heterocycles. The van der Waals surface area contributed by atoms with Crippen molar-refractivity contribution in [1.29, 1.82) is 0 Å². The van der Waals surface area contributed by atoms with Crippen molar-refractivity contribution in [3.05, 3.63) is 65.7 Å². The maximum atomic E-state index is 12.5. The van der Waals surface area contributed by atoms with Gasteiger partial charge in [0.2, 0.25) is 0 Å². The number of carbonyl (C=O) groups excluding carboxylic acids is 1. The zero-order chi connectivity index (χ0) is 19.2. The van der Waals surface area contributed by atoms with E-state index in [0.717, 1.165) is 18.7 Å². The Morgan fingerprint density at radius 3 is 2.22 bits per heavy atom. The van der Waals surface area contributed by atoms with Crippen molar-refractivity contribution >= 4 is 11.6 Å². The molecule has 27 heavy (non-hydrogen) atoms. The standard InChI is InChI=1S/C22H30N4O/c1-24(2)20-11-9-18(10-12-20)21(26-15-13-25(3)14-16-26)17-23-22(27)19-7-5-4-6-8-19/h4-12,21H,13-17H2,1-3H3,(H,23,27)/p+2/t21-/m1/s1. The second-order valence-electron chi connectivity index (χ2n) is 7.73. The summed E-state index contributed by atoms with van der Waals surface area (Å²) in [7, 11) is 6.37. The minimum absolute atomic E-state index is 0.00432. The predicted octanol–water partition coefficient (Wildman–Crippen LogP) is -0.363. The zero-order valence-corrected chi connectivity index (χ0v) is 16.7. The number of carbonyl (C=O) groups is 1. The zero-order valence-electron chi connectivity index (χ0n) is 16.7. The van der Waals surface area contributed by atoms with E-state index in [-0.39, 0.29) is 11.9 Å².